The van der Waals surface area contributed by atoms with E-state index in [2.05, 4.69) is 32.3 Å². The average molecular weight is 429 g/mol. The molecule has 2 aliphatic carbocycles. The zero-order valence-corrected chi connectivity index (χ0v) is 17.6. The van der Waals surface area contributed by atoms with Crippen molar-refractivity contribution < 1.29 is 9.84 Å². The molecule has 2 aliphatic rings. The van der Waals surface area contributed by atoms with Crippen LogP contribution in [0.2, 0.25) is 5.15 Å². The topological polar surface area (TPSA) is 98.0 Å². The van der Waals surface area contributed by atoms with Gasteiger partial charge in [0.1, 0.15) is 10.8 Å². The van der Waals surface area contributed by atoms with Gasteiger partial charge in [0.05, 0.1) is 23.4 Å². The SMILES string of the molecule is CC1(Oc2nc(Nc3cnn(C4CCC(CO)CC4)c3)nc3ccc(Cl)nc23)CC1. The summed E-state index contributed by atoms with van der Waals surface area (Å²) in [6.45, 7) is 2.34. The fourth-order valence-electron chi connectivity index (χ4n) is 3.93. The number of hydrogen-bond donors (Lipinski definition) is 2. The molecule has 30 heavy (non-hydrogen) atoms. The molecule has 2 saturated carbocycles. The van der Waals surface area contributed by atoms with E-state index < -0.39 is 0 Å². The molecule has 0 aromatic carbocycles. The number of anilines is 2. The third kappa shape index (κ3) is 4.06. The van der Waals surface area contributed by atoms with Crippen molar-refractivity contribution in [3.05, 3.63) is 29.7 Å². The van der Waals surface area contributed by atoms with Crippen LogP contribution in [-0.4, -0.2) is 42.0 Å². The number of fused-ring (bicyclic) bond motifs is 1. The molecule has 158 valence electrons. The predicted octanol–water partition coefficient (Wildman–Crippen LogP) is 4.27. The Morgan fingerprint density at radius 1 is 1.20 bits per heavy atom. The van der Waals surface area contributed by atoms with Gasteiger partial charge in [0.2, 0.25) is 11.8 Å². The van der Waals surface area contributed by atoms with E-state index in [4.69, 9.17) is 16.3 Å². The smallest absolute Gasteiger partial charge is 0.246 e. The Bertz CT molecular complexity index is 1060. The molecule has 3 aromatic heterocycles. The van der Waals surface area contributed by atoms with E-state index in [0.717, 1.165) is 44.2 Å². The fourth-order valence-corrected chi connectivity index (χ4v) is 4.07. The number of hydrogen-bond acceptors (Lipinski definition) is 7. The largest absolute Gasteiger partial charge is 0.470 e. The third-order valence-electron chi connectivity index (χ3n) is 6.08. The highest BCUT2D eigenvalue weighted by molar-refractivity contribution is 6.29. The van der Waals surface area contributed by atoms with Crippen molar-refractivity contribution in [2.75, 3.05) is 11.9 Å². The highest BCUT2D eigenvalue weighted by Crippen LogP contribution is 2.41. The van der Waals surface area contributed by atoms with Crippen LogP contribution in [0.25, 0.3) is 11.0 Å². The summed E-state index contributed by atoms with van der Waals surface area (Å²) in [5.41, 5.74) is 1.87. The van der Waals surface area contributed by atoms with E-state index in [-0.39, 0.29) is 12.2 Å². The van der Waals surface area contributed by atoms with Gasteiger partial charge in [-0.3, -0.25) is 4.68 Å². The molecule has 0 atom stereocenters. The molecule has 0 radical (unpaired) electrons. The summed E-state index contributed by atoms with van der Waals surface area (Å²) in [5.74, 6) is 1.31. The van der Waals surface area contributed by atoms with Crippen LogP contribution in [0.4, 0.5) is 11.6 Å². The first-order valence-corrected chi connectivity index (χ1v) is 10.8. The minimum atomic E-state index is -0.194. The van der Waals surface area contributed by atoms with Crippen LogP contribution in [0.3, 0.4) is 0 Å². The second kappa shape index (κ2) is 7.67. The first-order valence-electron chi connectivity index (χ1n) is 10.5. The van der Waals surface area contributed by atoms with Gasteiger partial charge in [-0.1, -0.05) is 11.6 Å². The van der Waals surface area contributed by atoms with Crippen LogP contribution >= 0.6 is 11.6 Å². The zero-order valence-electron chi connectivity index (χ0n) is 16.9. The normalized spacial score (nSPS) is 22.8. The molecule has 0 spiro atoms. The molecule has 0 unspecified atom stereocenters. The lowest BCUT2D eigenvalue weighted by molar-refractivity contribution is 0.165. The Morgan fingerprint density at radius 2 is 2.00 bits per heavy atom. The van der Waals surface area contributed by atoms with Gasteiger partial charge in [-0.2, -0.15) is 10.1 Å². The fraction of sp³-hybridized carbons (Fsp3) is 0.524. The number of halogens is 1. The summed E-state index contributed by atoms with van der Waals surface area (Å²) in [5, 5.41) is 17.5. The number of ether oxygens (including phenoxy) is 1. The standard InChI is InChI=1S/C21H25ClN6O2/c1-21(8-9-21)30-19-18-16(6-7-17(22)26-18)25-20(27-19)24-14-10-23-28(11-14)15-4-2-13(12-29)3-5-15/h6-7,10-11,13,15,29H,2-5,8-9,12H2,1H3,(H,24,25,27). The molecule has 9 heteroatoms. The Morgan fingerprint density at radius 3 is 2.73 bits per heavy atom. The Hall–Kier alpha value is -2.45. The van der Waals surface area contributed by atoms with E-state index in [0.29, 0.717) is 40.0 Å². The van der Waals surface area contributed by atoms with Crippen molar-refractivity contribution in [3.63, 3.8) is 0 Å². The van der Waals surface area contributed by atoms with E-state index in [9.17, 15) is 5.11 Å². The molecule has 3 aromatic rings. The number of aliphatic hydroxyl groups is 1. The van der Waals surface area contributed by atoms with Crippen LogP contribution in [0.15, 0.2) is 24.5 Å². The summed E-state index contributed by atoms with van der Waals surface area (Å²) in [4.78, 5) is 13.5. The van der Waals surface area contributed by atoms with Gasteiger partial charge in [0.15, 0.2) is 5.52 Å². The first-order chi connectivity index (χ1) is 14.5. The maximum absolute atomic E-state index is 9.34. The summed E-state index contributed by atoms with van der Waals surface area (Å²) >= 11 is 6.08. The molecular weight excluding hydrogens is 404 g/mol. The van der Waals surface area contributed by atoms with E-state index in [1.165, 1.54) is 0 Å². The van der Waals surface area contributed by atoms with Gasteiger partial charge in [-0.05, 0) is 63.5 Å². The number of aliphatic hydroxyl groups excluding tert-OH is 1. The van der Waals surface area contributed by atoms with Crippen molar-refractivity contribution in [3.8, 4) is 5.88 Å². The number of aromatic nitrogens is 5. The number of nitrogens with zero attached hydrogens (tertiary/aromatic N) is 5. The molecule has 3 heterocycles. The van der Waals surface area contributed by atoms with Gasteiger partial charge >= 0.3 is 0 Å². The van der Waals surface area contributed by atoms with Crippen molar-refractivity contribution in [2.45, 2.75) is 57.1 Å². The Labute approximate surface area is 179 Å². The number of nitrogens with one attached hydrogen (secondary N) is 1. The maximum Gasteiger partial charge on any atom is 0.246 e. The lowest BCUT2D eigenvalue weighted by Gasteiger charge is -2.27. The Balaban J connectivity index is 1.38. The van der Waals surface area contributed by atoms with E-state index >= 15 is 0 Å². The minimum Gasteiger partial charge on any atom is -0.470 e. The molecule has 2 N–H and O–H groups in total. The lowest BCUT2D eigenvalue weighted by Crippen LogP contribution is -2.20. The van der Waals surface area contributed by atoms with Gasteiger partial charge in [0.25, 0.3) is 0 Å². The van der Waals surface area contributed by atoms with Crippen molar-refractivity contribution in [1.29, 1.82) is 0 Å². The molecule has 5 rings (SSSR count). The van der Waals surface area contributed by atoms with Crippen LogP contribution in [0.5, 0.6) is 5.88 Å². The highest BCUT2D eigenvalue weighted by Gasteiger charge is 2.41. The molecular formula is C21H25ClN6O2. The zero-order chi connectivity index (χ0) is 20.7. The van der Waals surface area contributed by atoms with Gasteiger partial charge in [0, 0.05) is 12.8 Å². The predicted molar refractivity (Wildman–Crippen MR) is 114 cm³/mol. The van der Waals surface area contributed by atoms with E-state index in [1.54, 1.807) is 12.3 Å². The summed E-state index contributed by atoms with van der Waals surface area (Å²) in [7, 11) is 0. The molecule has 2 fully saturated rings. The summed E-state index contributed by atoms with van der Waals surface area (Å²) in [6, 6.07) is 3.90. The van der Waals surface area contributed by atoms with Crippen LogP contribution < -0.4 is 10.1 Å². The van der Waals surface area contributed by atoms with Gasteiger partial charge < -0.3 is 15.2 Å². The summed E-state index contributed by atoms with van der Waals surface area (Å²) < 4.78 is 8.13. The second-order valence-electron chi connectivity index (χ2n) is 8.60. The summed E-state index contributed by atoms with van der Waals surface area (Å²) in [6.07, 6.45) is 9.89. The molecule has 0 aliphatic heterocycles. The van der Waals surface area contributed by atoms with Gasteiger partial charge in [-0.15, -0.1) is 0 Å². The van der Waals surface area contributed by atoms with Crippen molar-refractivity contribution in [1.82, 2.24) is 24.7 Å². The second-order valence-corrected chi connectivity index (χ2v) is 8.98. The quantitative estimate of drug-likeness (QED) is 0.565. The average Bonchev–Trinajstić information content (AvgIpc) is 3.29. The Kier molecular flexibility index (Phi) is 4.99. The van der Waals surface area contributed by atoms with E-state index in [1.807, 2.05) is 16.9 Å². The molecule has 0 amide bonds. The number of pyridine rings is 1. The van der Waals surface area contributed by atoms with Gasteiger partial charge in [-0.25, -0.2) is 9.97 Å². The molecule has 0 saturated heterocycles. The third-order valence-corrected chi connectivity index (χ3v) is 6.29. The van der Waals surface area contributed by atoms with Crippen molar-refractivity contribution in [2.24, 2.45) is 5.92 Å². The van der Waals surface area contributed by atoms with Crippen LogP contribution in [-0.2, 0) is 0 Å². The maximum atomic E-state index is 9.34. The first kappa shape index (κ1) is 19.5. The highest BCUT2D eigenvalue weighted by atomic mass is 35.5. The minimum absolute atomic E-state index is 0.194. The van der Waals surface area contributed by atoms with Crippen molar-refractivity contribution >= 4 is 34.3 Å². The monoisotopic (exact) mass is 428 g/mol. The van der Waals surface area contributed by atoms with Crippen LogP contribution in [0, 0.1) is 5.92 Å². The lowest BCUT2D eigenvalue weighted by atomic mass is 9.87. The number of rotatable bonds is 6. The molecule has 8 nitrogen and oxygen atoms in total. The van der Waals surface area contributed by atoms with Crippen LogP contribution in [0.1, 0.15) is 51.5 Å². The molecule has 0 bridgehead atoms.